The van der Waals surface area contributed by atoms with Gasteiger partial charge in [-0.05, 0) is 144 Å². The van der Waals surface area contributed by atoms with Crippen LogP contribution in [0.2, 0.25) is 0 Å². The van der Waals surface area contributed by atoms with Crippen molar-refractivity contribution >= 4 is 79.8 Å². The number of amides is 8. The van der Waals surface area contributed by atoms with E-state index in [1.54, 1.807) is 24.3 Å². The van der Waals surface area contributed by atoms with Gasteiger partial charge in [0, 0.05) is 0 Å². The Hall–Kier alpha value is -12.6. The third-order valence-corrected chi connectivity index (χ3v) is 18.5. The van der Waals surface area contributed by atoms with Gasteiger partial charge in [0.25, 0.3) is 47.3 Å². The second-order valence-corrected chi connectivity index (χ2v) is 23.7. The van der Waals surface area contributed by atoms with Gasteiger partial charge in [-0.1, -0.05) is 36.4 Å². The summed E-state index contributed by atoms with van der Waals surface area (Å²) >= 11 is 0. The Morgan fingerprint density at radius 1 is 0.278 bits per heavy atom. The molecule has 8 aromatic rings. The summed E-state index contributed by atoms with van der Waals surface area (Å²) < 4.78 is 217. The molecule has 0 saturated heterocycles. The van der Waals surface area contributed by atoms with Gasteiger partial charge in [0.1, 0.15) is 24.3 Å². The van der Waals surface area contributed by atoms with Gasteiger partial charge in [0.15, 0.2) is 0 Å². The summed E-state index contributed by atoms with van der Waals surface area (Å²) in [6, 6.07) is 23.0. The molecule has 0 radical (unpaired) electrons. The lowest BCUT2D eigenvalue weighted by Gasteiger charge is -2.38. The first-order valence-corrected chi connectivity index (χ1v) is 28.8. The average Bonchev–Trinajstić information content (AvgIpc) is 1.70. The summed E-state index contributed by atoms with van der Waals surface area (Å²) in [6.07, 6.45) is -25.6. The highest BCUT2D eigenvalue weighted by Crippen LogP contribution is 2.59. The van der Waals surface area contributed by atoms with Crippen molar-refractivity contribution < 1.29 is 99.5 Å². The summed E-state index contributed by atoms with van der Waals surface area (Å²) in [5, 5.41) is 37.6. The van der Waals surface area contributed by atoms with Gasteiger partial charge in [-0.3, -0.25) is 38.4 Å². The number of carbonyl (C=O) groups excluding carboxylic acids is 8. The first-order chi connectivity index (χ1) is 45.5. The van der Waals surface area contributed by atoms with E-state index in [-0.39, 0.29) is 92.0 Å². The van der Waals surface area contributed by atoms with Crippen molar-refractivity contribution in [3.05, 3.63) is 247 Å². The zero-order valence-electron chi connectivity index (χ0n) is 47.6. The molecule has 0 bridgehead atoms. The van der Waals surface area contributed by atoms with E-state index in [0.29, 0.717) is 46.2 Å². The number of anilines is 4. The van der Waals surface area contributed by atoms with Crippen LogP contribution in [0, 0.1) is 45.3 Å². The zero-order valence-corrected chi connectivity index (χ0v) is 48.4. The molecule has 0 unspecified atom stereocenters. The second kappa shape index (κ2) is 21.7. The van der Waals surface area contributed by atoms with Crippen LogP contribution in [0.25, 0.3) is 0 Å². The number of nitrogens with zero attached hydrogens (tertiary/aromatic N) is 8. The minimum absolute atomic E-state index is 0.113. The van der Waals surface area contributed by atoms with Crippen LogP contribution in [0.4, 0.5) is 75.4 Å². The van der Waals surface area contributed by atoms with Crippen LogP contribution in [0.1, 0.15) is 127 Å². The summed E-state index contributed by atoms with van der Waals surface area (Å²) in [7, 11) is -5.04. The third-order valence-electron chi connectivity index (χ3n) is 16.8. The van der Waals surface area contributed by atoms with Crippen molar-refractivity contribution in [1.29, 1.82) is 21.0 Å². The first kappa shape index (κ1) is 64.5. The molecule has 4 heterocycles. The number of fused-ring (bicyclic) bond motifs is 4. The number of hydrogen-bond donors (Lipinski definition) is 0. The number of hydrogen-bond acceptors (Lipinski definition) is 14. The Morgan fingerprint density at radius 2 is 0.515 bits per heavy atom. The number of carbonyl (C=O) groups is 8. The molecule has 0 spiro atoms. The number of benzene rings is 8. The van der Waals surface area contributed by atoms with E-state index < -0.39 is 181 Å². The minimum Gasteiger partial charge on any atom is -0.268 e. The van der Waals surface area contributed by atoms with Crippen LogP contribution in [0.3, 0.4) is 0 Å². The maximum absolute atomic E-state index is 15.7. The number of rotatable bonds is 10. The molecular weight excluding hydrogens is 1320 g/mol. The Morgan fingerprint density at radius 3 is 0.753 bits per heavy atom. The van der Waals surface area contributed by atoms with Crippen molar-refractivity contribution in [3.63, 3.8) is 0 Å². The van der Waals surface area contributed by atoms with Crippen molar-refractivity contribution in [1.82, 2.24) is 0 Å². The number of alkyl halides is 12. The Balaban J connectivity index is 0.842. The van der Waals surface area contributed by atoms with E-state index in [4.69, 9.17) is 0 Å². The molecule has 0 fully saturated rings. The maximum atomic E-state index is 15.7. The fourth-order valence-electron chi connectivity index (χ4n) is 12.2. The molecule has 18 nitrogen and oxygen atoms in total. The van der Waals surface area contributed by atoms with Crippen LogP contribution < -0.4 is 19.6 Å². The van der Waals surface area contributed by atoms with E-state index in [1.165, 1.54) is 0 Å². The van der Waals surface area contributed by atoms with Gasteiger partial charge >= 0.3 is 24.7 Å². The van der Waals surface area contributed by atoms with Crippen molar-refractivity contribution in [3.8, 4) is 24.3 Å². The van der Waals surface area contributed by atoms with Crippen LogP contribution in [-0.4, -0.2) is 80.4 Å². The third kappa shape index (κ3) is 9.17. The fraction of sp³-hybridized carbons (Fsp3) is 0.0909. The monoisotopic (exact) mass is 1350 g/mol. The number of sulfone groups is 1. The molecule has 31 heteroatoms. The average molecular weight is 1350 g/mol. The summed E-state index contributed by atoms with van der Waals surface area (Å²) in [6.45, 7) is 0. The minimum atomic E-state index is -6.41. The molecule has 0 atom stereocenters. The smallest absolute Gasteiger partial charge is 0.268 e. The molecular formula is C66H26F12N8O10S. The quantitative estimate of drug-likeness (QED) is 0.0909. The van der Waals surface area contributed by atoms with Crippen molar-refractivity contribution in [2.45, 2.75) is 45.3 Å². The normalized spacial score (nSPS) is 14.9. The first-order valence-electron chi connectivity index (χ1n) is 27.3. The summed E-state index contributed by atoms with van der Waals surface area (Å²) in [4.78, 5) is 110. The van der Waals surface area contributed by atoms with Crippen LogP contribution >= 0.6 is 0 Å². The van der Waals surface area contributed by atoms with Gasteiger partial charge in [-0.25, -0.2) is 28.0 Å². The lowest BCUT2D eigenvalue weighted by Crippen LogP contribution is -2.55. The van der Waals surface area contributed by atoms with Crippen molar-refractivity contribution in [2.75, 3.05) is 19.6 Å². The molecule has 12 rings (SSSR count). The van der Waals surface area contributed by atoms with E-state index in [9.17, 15) is 67.8 Å². The molecule has 8 aromatic carbocycles. The standard InChI is InChI=1S/C66H26F12N8O10S/c67-63(68,69)61(64(70,71)72,37-11-17-47-51(23-37)59(93)85(55(47)89)41-13-7-31(27-79)33(19-41)29-81)35-9-15-45-49(21-35)57(91)83(53(45)87)39-3-1-5-43(25-39)97(95,96)44-6-2-4-40(26-44)84-54(88)46-16-10-36(22-50(46)58(84)92)62(65(73,74)75,66(76,77)78)38-12-18-48-52(24-38)60(94)86(56(48)90)42-14-8-32(28-80)34(20-42)30-82/h1-26H. The highest BCUT2D eigenvalue weighted by molar-refractivity contribution is 7.91. The maximum Gasteiger partial charge on any atom is 0.411 e. The van der Waals surface area contributed by atoms with Crippen LogP contribution in [0.5, 0.6) is 0 Å². The zero-order chi connectivity index (χ0) is 70.3. The van der Waals surface area contributed by atoms with Gasteiger partial charge in [0.05, 0.1) is 99.3 Å². The number of nitriles is 4. The van der Waals surface area contributed by atoms with E-state index >= 15 is 52.7 Å². The van der Waals surface area contributed by atoms with Gasteiger partial charge in [-0.15, -0.1) is 0 Å². The molecule has 4 aliphatic rings. The number of halogens is 12. The Kier molecular flexibility index (Phi) is 14.4. The topological polar surface area (TPSA) is 279 Å². The van der Waals surface area contributed by atoms with Gasteiger partial charge < -0.3 is 0 Å². The number of imide groups is 4. The predicted octanol–water partition coefficient (Wildman–Crippen LogP) is 12.0. The molecule has 4 aliphatic heterocycles. The van der Waals surface area contributed by atoms with Crippen LogP contribution in [-0.2, 0) is 20.7 Å². The highest BCUT2D eigenvalue weighted by Gasteiger charge is 2.74. The summed E-state index contributed by atoms with van der Waals surface area (Å²) in [5.74, 6) is -11.3. The summed E-state index contributed by atoms with van der Waals surface area (Å²) in [5.41, 5.74) is -27.3. The molecule has 97 heavy (non-hydrogen) atoms. The van der Waals surface area contributed by atoms with E-state index in [2.05, 4.69) is 0 Å². The van der Waals surface area contributed by atoms with E-state index in [0.717, 1.165) is 72.8 Å². The fourth-order valence-corrected chi connectivity index (χ4v) is 13.6. The Labute approximate surface area is 534 Å². The van der Waals surface area contributed by atoms with Crippen LogP contribution in [0.15, 0.2) is 168 Å². The van der Waals surface area contributed by atoms with Crippen molar-refractivity contribution in [2.24, 2.45) is 0 Å². The SMILES string of the molecule is N#Cc1ccc(N2C(=O)c3ccc(C(c4ccc5c(c4)C(=O)N(c4cccc(S(=O)(=O)c6cccc(N7C(=O)c8ccc(C(c9ccc%10c(c9)C(=O)N(c9ccc(C#N)c(C#N)c9)C%10=O)(C(F)(F)F)C(F)(F)F)cc8C7=O)c6)c4)C5=O)(C(F)(F)F)C(F)(F)F)cc3C2=O)cc1C#N. The molecule has 0 aromatic heterocycles. The molecule has 0 saturated carbocycles. The Bertz CT molecular complexity index is 4980. The van der Waals surface area contributed by atoms with Gasteiger partial charge in [-0.2, -0.15) is 73.7 Å². The molecule has 0 N–H and O–H groups in total. The predicted molar refractivity (Wildman–Crippen MR) is 306 cm³/mol. The lowest BCUT2D eigenvalue weighted by molar-refractivity contribution is -0.290. The largest absolute Gasteiger partial charge is 0.411 e. The van der Waals surface area contributed by atoms with E-state index in [1.807, 2.05) is 0 Å². The highest BCUT2D eigenvalue weighted by atomic mass is 32.2. The molecule has 480 valence electrons. The second-order valence-electron chi connectivity index (χ2n) is 21.7. The lowest BCUT2D eigenvalue weighted by atomic mass is 9.71. The molecule has 0 aliphatic carbocycles. The van der Waals surface area contributed by atoms with Gasteiger partial charge in [0.2, 0.25) is 20.7 Å². The molecule has 8 amide bonds.